The number of nitrogens with zero attached hydrogens (tertiary/aromatic N) is 1. The van der Waals surface area contributed by atoms with E-state index in [2.05, 4.69) is 78.6 Å². The number of nitrogens with two attached hydrogens (primary N) is 1. The molecule has 2 aromatic carbocycles. The monoisotopic (exact) mass is 361 g/mol. The Kier molecular flexibility index (Phi) is 5.07. The van der Waals surface area contributed by atoms with Gasteiger partial charge >= 0.3 is 0 Å². The summed E-state index contributed by atoms with van der Waals surface area (Å²) >= 11 is 0. The van der Waals surface area contributed by atoms with E-state index >= 15 is 0 Å². The van der Waals surface area contributed by atoms with Crippen LogP contribution in [0.5, 0.6) is 0 Å². The van der Waals surface area contributed by atoms with Gasteiger partial charge < -0.3 is 10.7 Å². The van der Waals surface area contributed by atoms with Gasteiger partial charge in [-0.2, -0.15) is 0 Å². The minimum Gasteiger partial charge on any atom is -0.358 e. The Morgan fingerprint density at radius 2 is 1.78 bits per heavy atom. The third-order valence-corrected chi connectivity index (χ3v) is 6.54. The van der Waals surface area contributed by atoms with Crippen molar-refractivity contribution in [1.29, 1.82) is 0 Å². The van der Waals surface area contributed by atoms with Gasteiger partial charge in [-0.1, -0.05) is 61.4 Å². The van der Waals surface area contributed by atoms with Gasteiger partial charge in [-0.25, -0.2) is 0 Å². The molecule has 27 heavy (non-hydrogen) atoms. The van der Waals surface area contributed by atoms with Crippen LogP contribution in [0.15, 0.2) is 54.6 Å². The van der Waals surface area contributed by atoms with Gasteiger partial charge in [0.25, 0.3) is 0 Å². The molecule has 2 unspecified atom stereocenters. The summed E-state index contributed by atoms with van der Waals surface area (Å²) in [5, 5.41) is 1.34. The van der Waals surface area contributed by atoms with Crippen LogP contribution in [-0.2, 0) is 12.0 Å². The third kappa shape index (κ3) is 2.99. The van der Waals surface area contributed by atoms with E-state index in [-0.39, 0.29) is 5.54 Å². The summed E-state index contributed by atoms with van der Waals surface area (Å²) in [6.45, 7) is 0.682. The van der Waals surface area contributed by atoms with Gasteiger partial charge in [0.05, 0.1) is 5.54 Å². The lowest BCUT2D eigenvalue weighted by atomic mass is 9.66. The van der Waals surface area contributed by atoms with Crippen LogP contribution in [0.25, 0.3) is 10.9 Å². The maximum atomic E-state index is 6.02. The summed E-state index contributed by atoms with van der Waals surface area (Å²) in [7, 11) is 4.49. The van der Waals surface area contributed by atoms with Crippen molar-refractivity contribution in [1.82, 2.24) is 9.88 Å². The number of fused-ring (bicyclic) bond motifs is 1. The molecule has 1 aliphatic rings. The van der Waals surface area contributed by atoms with E-state index in [1.54, 1.807) is 0 Å². The van der Waals surface area contributed by atoms with Crippen molar-refractivity contribution in [2.75, 3.05) is 20.6 Å². The Morgan fingerprint density at radius 1 is 1.04 bits per heavy atom. The fourth-order valence-electron chi connectivity index (χ4n) is 5.34. The first kappa shape index (κ1) is 18.3. The van der Waals surface area contributed by atoms with E-state index in [1.807, 2.05) is 0 Å². The van der Waals surface area contributed by atoms with E-state index in [0.717, 1.165) is 6.42 Å². The molecule has 0 spiro atoms. The third-order valence-electron chi connectivity index (χ3n) is 6.54. The van der Waals surface area contributed by atoms with Gasteiger partial charge in [0, 0.05) is 22.5 Å². The predicted molar refractivity (Wildman–Crippen MR) is 114 cm³/mol. The van der Waals surface area contributed by atoms with Crippen LogP contribution >= 0.6 is 0 Å². The summed E-state index contributed by atoms with van der Waals surface area (Å²) < 4.78 is 0. The van der Waals surface area contributed by atoms with Crippen LogP contribution in [0, 0.1) is 0 Å². The lowest BCUT2D eigenvalue weighted by molar-refractivity contribution is 0.0704. The zero-order valence-electron chi connectivity index (χ0n) is 16.5. The molecule has 0 bridgehead atoms. The molecule has 0 aliphatic heterocycles. The zero-order chi connectivity index (χ0) is 18.9. The summed E-state index contributed by atoms with van der Waals surface area (Å²) in [4.78, 5) is 6.28. The van der Waals surface area contributed by atoms with E-state index in [1.165, 1.54) is 53.4 Å². The lowest BCUT2D eigenvalue weighted by Gasteiger charge is -2.49. The Bertz CT molecular complexity index is 896. The predicted octanol–water partition coefficient (Wildman–Crippen LogP) is 4.78. The van der Waals surface area contributed by atoms with Crippen molar-refractivity contribution < 1.29 is 0 Å². The molecule has 3 aromatic rings. The number of H-pyrrole nitrogens is 1. The van der Waals surface area contributed by atoms with Crippen molar-refractivity contribution >= 4 is 10.9 Å². The number of rotatable bonds is 5. The number of hydrogen-bond donors (Lipinski definition) is 2. The first-order valence-electron chi connectivity index (χ1n) is 10.2. The number of nitrogens with one attached hydrogen (secondary N) is 1. The van der Waals surface area contributed by atoms with E-state index in [9.17, 15) is 0 Å². The Morgan fingerprint density at radius 3 is 2.52 bits per heavy atom. The summed E-state index contributed by atoms with van der Waals surface area (Å²) in [6.07, 6.45) is 5.87. The Labute approximate surface area is 162 Å². The first-order valence-corrected chi connectivity index (χ1v) is 10.2. The molecule has 142 valence electrons. The van der Waals surface area contributed by atoms with E-state index in [0.29, 0.717) is 12.5 Å². The number of aromatic amines is 1. The fraction of sp³-hybridized carbons (Fsp3) is 0.417. The van der Waals surface area contributed by atoms with Crippen LogP contribution in [0.2, 0.25) is 0 Å². The van der Waals surface area contributed by atoms with Crippen LogP contribution in [0.1, 0.15) is 48.4 Å². The SMILES string of the molecule is CN(C)C1(c2ccccc2)CCCCC1c1[nH]c2ccccc2c1CCN. The molecular formula is C24H31N3. The molecule has 0 radical (unpaired) electrons. The highest BCUT2D eigenvalue weighted by Crippen LogP contribution is 2.51. The number of benzene rings is 2. The highest BCUT2D eigenvalue weighted by atomic mass is 15.2. The molecule has 3 heteroatoms. The minimum absolute atomic E-state index is 0.0176. The van der Waals surface area contributed by atoms with Gasteiger partial charge in [0.1, 0.15) is 0 Å². The fourth-order valence-corrected chi connectivity index (χ4v) is 5.34. The number of aromatic nitrogens is 1. The first-order chi connectivity index (χ1) is 13.2. The molecule has 3 N–H and O–H groups in total. The van der Waals surface area contributed by atoms with Crippen molar-refractivity contribution in [3.63, 3.8) is 0 Å². The van der Waals surface area contributed by atoms with E-state index in [4.69, 9.17) is 5.73 Å². The molecule has 4 rings (SSSR count). The molecule has 0 saturated heterocycles. The smallest absolute Gasteiger partial charge is 0.0538 e. The Hall–Kier alpha value is -2.10. The number of para-hydroxylation sites is 1. The lowest BCUT2D eigenvalue weighted by Crippen LogP contribution is -2.48. The molecule has 1 heterocycles. The highest BCUT2D eigenvalue weighted by Gasteiger charge is 2.46. The average Bonchev–Trinajstić information content (AvgIpc) is 3.07. The van der Waals surface area contributed by atoms with Crippen molar-refractivity contribution in [3.05, 3.63) is 71.4 Å². The quantitative estimate of drug-likeness (QED) is 0.687. The van der Waals surface area contributed by atoms with E-state index < -0.39 is 0 Å². The molecule has 0 amide bonds. The van der Waals surface area contributed by atoms with Crippen molar-refractivity contribution in [3.8, 4) is 0 Å². The van der Waals surface area contributed by atoms with Gasteiger partial charge in [-0.3, -0.25) is 4.90 Å². The summed E-state index contributed by atoms with van der Waals surface area (Å²) in [6, 6.07) is 19.8. The van der Waals surface area contributed by atoms with Crippen LogP contribution < -0.4 is 5.73 Å². The highest BCUT2D eigenvalue weighted by molar-refractivity contribution is 5.85. The number of likely N-dealkylation sites (N-methyl/N-ethyl adjacent to an activating group) is 1. The summed E-state index contributed by atoms with van der Waals surface area (Å²) in [5.74, 6) is 0.442. The molecule has 1 fully saturated rings. The minimum atomic E-state index is 0.0176. The standard InChI is InChI=1S/C24H31N3/c1-27(2)24(18-10-4-3-5-11-18)16-9-8-13-21(24)23-20(15-17-25)19-12-6-7-14-22(19)26-23/h3-7,10-12,14,21,26H,8-9,13,15-17,25H2,1-2H3. The molecule has 1 aromatic heterocycles. The van der Waals surface area contributed by atoms with Crippen molar-refractivity contribution in [2.45, 2.75) is 43.6 Å². The second kappa shape index (κ2) is 7.49. The van der Waals surface area contributed by atoms with Crippen molar-refractivity contribution in [2.24, 2.45) is 5.73 Å². The molecule has 1 aliphatic carbocycles. The Balaban J connectivity index is 1.93. The maximum Gasteiger partial charge on any atom is 0.0538 e. The molecular weight excluding hydrogens is 330 g/mol. The normalized spacial score (nSPS) is 23.2. The van der Waals surface area contributed by atoms with Gasteiger partial charge in [0.15, 0.2) is 0 Å². The average molecular weight is 362 g/mol. The topological polar surface area (TPSA) is 45.0 Å². The number of hydrogen-bond acceptors (Lipinski definition) is 2. The molecule has 1 saturated carbocycles. The second-order valence-electron chi connectivity index (χ2n) is 8.08. The largest absolute Gasteiger partial charge is 0.358 e. The second-order valence-corrected chi connectivity index (χ2v) is 8.08. The maximum absolute atomic E-state index is 6.02. The van der Waals surface area contributed by atoms with Crippen LogP contribution in [0.4, 0.5) is 0 Å². The molecule has 3 nitrogen and oxygen atoms in total. The van der Waals surface area contributed by atoms with Crippen LogP contribution in [-0.4, -0.2) is 30.5 Å². The van der Waals surface area contributed by atoms with Gasteiger partial charge in [-0.05, 0) is 57.1 Å². The van der Waals surface area contributed by atoms with Gasteiger partial charge in [0.2, 0.25) is 0 Å². The van der Waals surface area contributed by atoms with Crippen LogP contribution in [0.3, 0.4) is 0 Å². The summed E-state index contributed by atoms with van der Waals surface area (Å²) in [5.41, 5.74) is 11.5. The zero-order valence-corrected chi connectivity index (χ0v) is 16.5. The molecule has 2 atom stereocenters. The van der Waals surface area contributed by atoms with Gasteiger partial charge in [-0.15, -0.1) is 0 Å².